The topological polar surface area (TPSA) is 97.7 Å². The number of nitro groups is 1. The lowest BCUT2D eigenvalue weighted by Gasteiger charge is -2.15. The molecule has 3 rings (SSSR count). The van der Waals surface area contributed by atoms with Crippen molar-refractivity contribution in [1.82, 2.24) is 9.61 Å². The molecule has 146 valence electrons. The van der Waals surface area contributed by atoms with Crippen molar-refractivity contribution in [3.8, 4) is 11.1 Å². The predicted molar refractivity (Wildman–Crippen MR) is 107 cm³/mol. The van der Waals surface area contributed by atoms with Crippen LogP contribution in [0, 0.1) is 17.0 Å². The quantitative estimate of drug-likeness (QED) is 0.350. The molecule has 0 atom stereocenters. The van der Waals surface area contributed by atoms with E-state index in [0.717, 1.165) is 40.0 Å². The number of aliphatic carboxylic acids is 1. The zero-order chi connectivity index (χ0) is 20.3. The van der Waals surface area contributed by atoms with E-state index in [1.54, 1.807) is 12.1 Å². The molecule has 28 heavy (non-hydrogen) atoms. The average Bonchev–Trinajstić information content (AvgIpc) is 3.07. The number of hydrogen-bond acceptors (Lipinski definition) is 4. The van der Waals surface area contributed by atoms with Crippen LogP contribution in [0.5, 0.6) is 0 Å². The Morgan fingerprint density at radius 3 is 2.71 bits per heavy atom. The largest absolute Gasteiger partial charge is 0.481 e. The summed E-state index contributed by atoms with van der Waals surface area (Å²) in [6.45, 7) is 4.00. The summed E-state index contributed by atoms with van der Waals surface area (Å²) in [6, 6.07) is 10.7. The van der Waals surface area contributed by atoms with Gasteiger partial charge in [0.1, 0.15) is 0 Å². The third-order valence-corrected chi connectivity index (χ3v) is 4.95. The summed E-state index contributed by atoms with van der Waals surface area (Å²) in [6.07, 6.45) is 2.93. The summed E-state index contributed by atoms with van der Waals surface area (Å²) in [4.78, 5) is 21.7. The summed E-state index contributed by atoms with van der Waals surface area (Å²) in [5.41, 5.74) is 5.61. The Labute approximate surface area is 162 Å². The second-order valence-electron chi connectivity index (χ2n) is 6.82. The van der Waals surface area contributed by atoms with Gasteiger partial charge in [-0.2, -0.15) is 5.10 Å². The smallest absolute Gasteiger partial charge is 0.303 e. The van der Waals surface area contributed by atoms with Gasteiger partial charge in [-0.05, 0) is 55.9 Å². The predicted octanol–water partition coefficient (Wildman–Crippen LogP) is 4.58. The molecule has 0 spiro atoms. The van der Waals surface area contributed by atoms with Gasteiger partial charge in [-0.25, -0.2) is 4.52 Å². The van der Waals surface area contributed by atoms with Gasteiger partial charge in [-0.15, -0.1) is 0 Å². The molecule has 2 aromatic heterocycles. The molecule has 0 aliphatic rings. The summed E-state index contributed by atoms with van der Waals surface area (Å²) < 4.78 is 1.91. The Balaban J connectivity index is 2.14. The van der Waals surface area contributed by atoms with Crippen LogP contribution in [0.3, 0.4) is 0 Å². The van der Waals surface area contributed by atoms with Crippen LogP contribution in [0.2, 0.25) is 0 Å². The SMILES string of the molecule is CCc1ccc2c(-c3cccc([N+](=O)[O-])c3)c(CCCCC(=O)O)c(C)nn12. The average molecular weight is 381 g/mol. The van der Waals surface area contributed by atoms with Crippen molar-refractivity contribution >= 4 is 17.2 Å². The van der Waals surface area contributed by atoms with E-state index >= 15 is 0 Å². The van der Waals surface area contributed by atoms with Gasteiger partial charge in [0, 0.05) is 29.8 Å². The maximum Gasteiger partial charge on any atom is 0.303 e. The maximum atomic E-state index is 11.3. The number of benzene rings is 1. The number of unbranched alkanes of at least 4 members (excludes halogenated alkanes) is 1. The first-order chi connectivity index (χ1) is 13.4. The van der Waals surface area contributed by atoms with E-state index in [2.05, 4.69) is 6.92 Å². The van der Waals surface area contributed by atoms with Crippen LogP contribution < -0.4 is 0 Å². The van der Waals surface area contributed by atoms with Crippen molar-refractivity contribution in [2.75, 3.05) is 0 Å². The van der Waals surface area contributed by atoms with E-state index in [-0.39, 0.29) is 12.1 Å². The second-order valence-corrected chi connectivity index (χ2v) is 6.82. The molecule has 0 radical (unpaired) electrons. The van der Waals surface area contributed by atoms with Gasteiger partial charge in [0.05, 0.1) is 16.1 Å². The molecule has 7 nitrogen and oxygen atoms in total. The highest BCUT2D eigenvalue weighted by molar-refractivity contribution is 5.84. The lowest BCUT2D eigenvalue weighted by Crippen LogP contribution is -2.06. The number of carbonyl (C=O) groups is 1. The zero-order valence-corrected chi connectivity index (χ0v) is 16.0. The van der Waals surface area contributed by atoms with Crippen molar-refractivity contribution < 1.29 is 14.8 Å². The number of nitrogens with zero attached hydrogens (tertiary/aromatic N) is 3. The maximum absolute atomic E-state index is 11.3. The van der Waals surface area contributed by atoms with Crippen LogP contribution in [-0.2, 0) is 17.6 Å². The normalized spacial score (nSPS) is 11.1. The molecule has 0 aliphatic carbocycles. The first kappa shape index (κ1) is 19.5. The number of carboxylic acids is 1. The van der Waals surface area contributed by atoms with Gasteiger partial charge in [0.2, 0.25) is 0 Å². The zero-order valence-electron chi connectivity index (χ0n) is 16.0. The molecule has 0 aliphatic heterocycles. The molecule has 7 heteroatoms. The van der Waals surface area contributed by atoms with E-state index in [4.69, 9.17) is 10.2 Å². The molecular weight excluding hydrogens is 358 g/mol. The third-order valence-electron chi connectivity index (χ3n) is 4.95. The second kappa shape index (κ2) is 8.21. The molecule has 0 unspecified atom stereocenters. The van der Waals surface area contributed by atoms with Gasteiger partial charge in [-0.1, -0.05) is 19.1 Å². The van der Waals surface area contributed by atoms with E-state index in [1.165, 1.54) is 6.07 Å². The van der Waals surface area contributed by atoms with Crippen molar-refractivity contribution in [3.05, 3.63) is 63.5 Å². The first-order valence-corrected chi connectivity index (χ1v) is 9.39. The molecule has 3 aromatic rings. The molecule has 0 saturated carbocycles. The number of hydrogen-bond donors (Lipinski definition) is 1. The van der Waals surface area contributed by atoms with Crippen molar-refractivity contribution in [1.29, 1.82) is 0 Å². The number of rotatable bonds is 8. The Morgan fingerprint density at radius 1 is 1.25 bits per heavy atom. The number of aromatic nitrogens is 2. The van der Waals surface area contributed by atoms with Gasteiger partial charge in [0.15, 0.2) is 0 Å². The molecule has 0 bridgehead atoms. The molecular formula is C21H23N3O4. The van der Waals surface area contributed by atoms with Crippen molar-refractivity contribution in [3.63, 3.8) is 0 Å². The summed E-state index contributed by atoms with van der Waals surface area (Å²) in [7, 11) is 0. The highest BCUT2D eigenvalue weighted by Gasteiger charge is 2.18. The highest BCUT2D eigenvalue weighted by atomic mass is 16.6. The van der Waals surface area contributed by atoms with E-state index in [9.17, 15) is 14.9 Å². The Bertz CT molecular complexity index is 1040. The molecule has 1 N–H and O–H groups in total. The minimum absolute atomic E-state index is 0.0456. The fraction of sp³-hybridized carbons (Fsp3) is 0.333. The minimum Gasteiger partial charge on any atom is -0.481 e. The summed E-state index contributed by atoms with van der Waals surface area (Å²) in [5.74, 6) is -0.802. The Kier molecular flexibility index (Phi) is 5.73. The van der Waals surface area contributed by atoms with Crippen molar-refractivity contribution in [2.24, 2.45) is 0 Å². The van der Waals surface area contributed by atoms with Crippen molar-refractivity contribution in [2.45, 2.75) is 46.0 Å². The van der Waals surface area contributed by atoms with Crippen LogP contribution in [0.25, 0.3) is 16.6 Å². The van der Waals surface area contributed by atoms with Crippen LogP contribution >= 0.6 is 0 Å². The van der Waals surface area contributed by atoms with Crippen LogP contribution in [0.1, 0.15) is 43.1 Å². The number of non-ortho nitro benzene ring substituents is 1. The first-order valence-electron chi connectivity index (χ1n) is 9.39. The van der Waals surface area contributed by atoms with Crippen LogP contribution in [0.4, 0.5) is 5.69 Å². The molecule has 0 amide bonds. The van der Waals surface area contributed by atoms with Gasteiger partial charge in [-0.3, -0.25) is 14.9 Å². The minimum atomic E-state index is -0.802. The Morgan fingerprint density at radius 2 is 2.04 bits per heavy atom. The molecule has 2 heterocycles. The van der Waals surface area contributed by atoms with Gasteiger partial charge < -0.3 is 5.11 Å². The van der Waals surface area contributed by atoms with Gasteiger partial charge in [0.25, 0.3) is 5.69 Å². The van der Waals surface area contributed by atoms with E-state index in [0.29, 0.717) is 19.3 Å². The standard InChI is InChI=1S/C21H23N3O4/c1-3-16-11-12-19-21(15-7-6-8-17(13-15)24(27)28)18(14(2)22-23(16)19)9-4-5-10-20(25)26/h6-8,11-13H,3-5,9-10H2,1-2H3,(H,25,26). The molecule has 0 fully saturated rings. The number of aryl methyl sites for hydroxylation is 2. The van der Waals surface area contributed by atoms with Gasteiger partial charge >= 0.3 is 5.97 Å². The van der Waals surface area contributed by atoms with E-state index in [1.807, 2.05) is 29.6 Å². The van der Waals surface area contributed by atoms with Crippen LogP contribution in [-0.4, -0.2) is 25.6 Å². The lowest BCUT2D eigenvalue weighted by molar-refractivity contribution is -0.384. The summed E-state index contributed by atoms with van der Waals surface area (Å²) >= 11 is 0. The molecule has 1 aromatic carbocycles. The number of nitro benzene ring substituents is 1. The number of fused-ring (bicyclic) bond motifs is 1. The summed E-state index contributed by atoms with van der Waals surface area (Å²) in [5, 5.41) is 24.9. The number of carboxylic acid groups (broad SMARTS) is 1. The highest BCUT2D eigenvalue weighted by Crippen LogP contribution is 2.34. The Hall–Kier alpha value is -3.22. The molecule has 0 saturated heterocycles. The fourth-order valence-electron chi connectivity index (χ4n) is 3.57. The van der Waals surface area contributed by atoms with Crippen LogP contribution in [0.15, 0.2) is 36.4 Å². The monoisotopic (exact) mass is 381 g/mol. The van der Waals surface area contributed by atoms with E-state index < -0.39 is 10.9 Å². The fourth-order valence-corrected chi connectivity index (χ4v) is 3.57. The third kappa shape index (κ3) is 3.88. The lowest BCUT2D eigenvalue weighted by atomic mass is 9.94.